The molecule has 190 valence electrons. The van der Waals surface area contributed by atoms with Gasteiger partial charge in [0.05, 0.1) is 6.10 Å². The Balaban J connectivity index is 1.81. The van der Waals surface area contributed by atoms with Crippen molar-refractivity contribution in [3.05, 3.63) is 24.3 Å². The number of allylic oxidation sites excluding steroid dienone is 4. The van der Waals surface area contributed by atoms with Crippen LogP contribution in [0.3, 0.4) is 0 Å². The molecule has 0 aromatic rings. The number of halogens is 1. The van der Waals surface area contributed by atoms with Crippen LogP contribution in [0.2, 0.25) is 0 Å². The van der Waals surface area contributed by atoms with Gasteiger partial charge >= 0.3 is 5.97 Å². The van der Waals surface area contributed by atoms with Crippen LogP contribution in [0.25, 0.3) is 0 Å². The minimum atomic E-state index is -1.17. The number of aliphatic carboxylic acids is 1. The molecule has 1 saturated heterocycles. The molecule has 5 nitrogen and oxygen atoms in total. The molecule has 6 heteroatoms. The zero-order valence-corrected chi connectivity index (χ0v) is 20.8. The standard InChI is InChI=1S/C27H45FO5/c1-4-5-16-27(3,28)17-11-13-21-20(2)19-23(29)22(21)12-7-6-8-14-24(26(30)31)33-25-15-9-10-18-32-25/h6-7,11,13,20-25,29H,4-5,8-10,12,14-19H2,1-3H3,(H,30,31)/t20-,21+,22-,23+,24?,25?,27-/m1/s1. The van der Waals surface area contributed by atoms with Crippen molar-refractivity contribution in [1.29, 1.82) is 0 Å². The molecule has 0 aromatic carbocycles. The Kier molecular flexibility index (Phi) is 12.1. The van der Waals surface area contributed by atoms with Gasteiger partial charge in [0.2, 0.25) is 0 Å². The van der Waals surface area contributed by atoms with Gasteiger partial charge in [-0.3, -0.25) is 0 Å². The van der Waals surface area contributed by atoms with Crippen LogP contribution >= 0.6 is 0 Å². The van der Waals surface area contributed by atoms with Gasteiger partial charge in [0.15, 0.2) is 12.4 Å². The lowest BCUT2D eigenvalue weighted by Gasteiger charge is -2.25. The molecule has 2 N–H and O–H groups in total. The Morgan fingerprint density at radius 3 is 2.76 bits per heavy atom. The van der Waals surface area contributed by atoms with Crippen LogP contribution in [-0.2, 0) is 14.3 Å². The molecule has 0 spiro atoms. The zero-order chi connectivity index (χ0) is 24.3. The molecule has 2 fully saturated rings. The zero-order valence-electron chi connectivity index (χ0n) is 20.8. The Morgan fingerprint density at radius 2 is 2.09 bits per heavy atom. The minimum absolute atomic E-state index is 0.108. The second kappa shape index (κ2) is 14.2. The highest BCUT2D eigenvalue weighted by molar-refractivity contribution is 5.72. The van der Waals surface area contributed by atoms with Crippen molar-refractivity contribution in [3.63, 3.8) is 0 Å². The van der Waals surface area contributed by atoms with Gasteiger partial charge in [-0.2, -0.15) is 0 Å². The van der Waals surface area contributed by atoms with Gasteiger partial charge < -0.3 is 19.7 Å². The highest BCUT2D eigenvalue weighted by Crippen LogP contribution is 2.40. The molecular formula is C27H45FO5. The van der Waals surface area contributed by atoms with E-state index in [9.17, 15) is 19.4 Å². The Morgan fingerprint density at radius 1 is 1.30 bits per heavy atom. The number of alkyl halides is 1. The van der Waals surface area contributed by atoms with Crippen LogP contribution in [0.4, 0.5) is 4.39 Å². The average molecular weight is 469 g/mol. The molecule has 2 unspecified atom stereocenters. The van der Waals surface area contributed by atoms with E-state index >= 15 is 0 Å². The van der Waals surface area contributed by atoms with Gasteiger partial charge in [-0.05, 0) is 82.5 Å². The van der Waals surface area contributed by atoms with E-state index in [2.05, 4.69) is 19.9 Å². The molecule has 7 atom stereocenters. The summed E-state index contributed by atoms with van der Waals surface area (Å²) in [7, 11) is 0. The fourth-order valence-corrected chi connectivity index (χ4v) is 5.03. The number of hydrogen-bond acceptors (Lipinski definition) is 4. The minimum Gasteiger partial charge on any atom is -0.479 e. The number of ether oxygens (including phenoxy) is 2. The van der Waals surface area contributed by atoms with Crippen LogP contribution < -0.4 is 0 Å². The molecule has 0 radical (unpaired) electrons. The molecule has 0 amide bonds. The first-order chi connectivity index (χ1) is 15.7. The van der Waals surface area contributed by atoms with Gasteiger partial charge in [0.1, 0.15) is 5.67 Å². The predicted molar refractivity (Wildman–Crippen MR) is 129 cm³/mol. The van der Waals surface area contributed by atoms with Crippen molar-refractivity contribution in [2.24, 2.45) is 17.8 Å². The number of carbonyl (C=O) groups is 1. The number of hydrogen-bond donors (Lipinski definition) is 2. The predicted octanol–water partition coefficient (Wildman–Crippen LogP) is 6.21. The van der Waals surface area contributed by atoms with E-state index in [1.165, 1.54) is 0 Å². The lowest BCUT2D eigenvalue weighted by Crippen LogP contribution is -2.32. The highest BCUT2D eigenvalue weighted by Gasteiger charge is 2.38. The maximum Gasteiger partial charge on any atom is 0.332 e. The van der Waals surface area contributed by atoms with Gasteiger partial charge in [0.25, 0.3) is 0 Å². The normalized spacial score (nSPS) is 31.2. The average Bonchev–Trinajstić information content (AvgIpc) is 3.04. The monoisotopic (exact) mass is 468 g/mol. The van der Waals surface area contributed by atoms with Crippen LogP contribution in [-0.4, -0.2) is 47.0 Å². The van der Waals surface area contributed by atoms with Crippen molar-refractivity contribution in [2.75, 3.05) is 6.61 Å². The summed E-state index contributed by atoms with van der Waals surface area (Å²) in [6, 6.07) is 0. The molecule has 2 aliphatic rings. The number of rotatable bonds is 14. The van der Waals surface area contributed by atoms with E-state index in [0.29, 0.717) is 38.2 Å². The summed E-state index contributed by atoms with van der Waals surface area (Å²) in [6.45, 7) is 6.52. The largest absolute Gasteiger partial charge is 0.479 e. The molecule has 1 heterocycles. The maximum absolute atomic E-state index is 14.6. The molecule has 1 saturated carbocycles. The van der Waals surface area contributed by atoms with E-state index in [4.69, 9.17) is 9.47 Å². The third-order valence-electron chi connectivity index (χ3n) is 7.11. The van der Waals surface area contributed by atoms with Crippen molar-refractivity contribution < 1.29 is 28.9 Å². The fraction of sp³-hybridized carbons (Fsp3) is 0.815. The molecular weight excluding hydrogens is 423 g/mol. The van der Waals surface area contributed by atoms with Crippen molar-refractivity contribution in [3.8, 4) is 0 Å². The topological polar surface area (TPSA) is 76.0 Å². The first-order valence-electron chi connectivity index (χ1n) is 12.9. The van der Waals surface area contributed by atoms with Gasteiger partial charge in [-0.15, -0.1) is 0 Å². The summed E-state index contributed by atoms with van der Waals surface area (Å²) in [6.07, 6.45) is 14.6. The third-order valence-corrected chi connectivity index (χ3v) is 7.11. The number of unbranched alkanes of at least 4 members (excludes halogenated alkanes) is 1. The first kappa shape index (κ1) is 28.0. The molecule has 0 aromatic heterocycles. The smallest absolute Gasteiger partial charge is 0.332 e. The van der Waals surface area contributed by atoms with Gasteiger partial charge in [-0.1, -0.05) is 51.0 Å². The van der Waals surface area contributed by atoms with Crippen molar-refractivity contribution in [2.45, 2.75) is 116 Å². The van der Waals surface area contributed by atoms with E-state index in [1.807, 2.05) is 18.2 Å². The van der Waals surface area contributed by atoms with E-state index in [-0.39, 0.29) is 17.9 Å². The summed E-state index contributed by atoms with van der Waals surface area (Å²) in [5, 5.41) is 20.0. The SMILES string of the molecule is CCCC[C@@](C)(F)CC=C[C@@H]1[C@@H](CC=CCCC(OC2CCCCO2)C(=O)O)[C@@H](O)C[C@H]1C. The third kappa shape index (κ3) is 9.87. The Hall–Kier alpha value is -1.24. The second-order valence-corrected chi connectivity index (χ2v) is 10.2. The van der Waals surface area contributed by atoms with E-state index in [0.717, 1.165) is 44.9 Å². The van der Waals surface area contributed by atoms with E-state index < -0.39 is 24.0 Å². The highest BCUT2D eigenvalue weighted by atomic mass is 19.1. The summed E-state index contributed by atoms with van der Waals surface area (Å²) in [5.74, 6) is -0.264. The van der Waals surface area contributed by atoms with Crippen LogP contribution in [0, 0.1) is 17.8 Å². The lowest BCUT2D eigenvalue weighted by molar-refractivity contribution is -0.201. The van der Waals surface area contributed by atoms with Crippen LogP contribution in [0.1, 0.15) is 91.4 Å². The van der Waals surface area contributed by atoms with Gasteiger partial charge in [-0.25, -0.2) is 9.18 Å². The fourth-order valence-electron chi connectivity index (χ4n) is 5.03. The quantitative estimate of drug-likeness (QED) is 0.297. The first-order valence-corrected chi connectivity index (χ1v) is 12.9. The van der Waals surface area contributed by atoms with Crippen molar-refractivity contribution in [1.82, 2.24) is 0 Å². The Labute approximate surface area is 199 Å². The molecule has 1 aliphatic heterocycles. The number of aliphatic hydroxyl groups excluding tert-OH is 1. The number of carboxylic acids is 1. The Bertz CT molecular complexity index is 626. The van der Waals surface area contributed by atoms with E-state index in [1.54, 1.807) is 6.92 Å². The van der Waals surface area contributed by atoms with Crippen LogP contribution in [0.5, 0.6) is 0 Å². The van der Waals surface area contributed by atoms with Gasteiger partial charge in [0, 0.05) is 6.61 Å². The second-order valence-electron chi connectivity index (χ2n) is 10.2. The molecule has 2 rings (SSSR count). The van der Waals surface area contributed by atoms with Crippen LogP contribution in [0.15, 0.2) is 24.3 Å². The maximum atomic E-state index is 14.6. The molecule has 33 heavy (non-hydrogen) atoms. The summed E-state index contributed by atoms with van der Waals surface area (Å²) >= 11 is 0. The molecule has 0 bridgehead atoms. The lowest BCUT2D eigenvalue weighted by atomic mass is 9.86. The number of aliphatic hydroxyl groups is 1. The summed E-state index contributed by atoms with van der Waals surface area (Å²) in [4.78, 5) is 11.5. The van der Waals surface area contributed by atoms with Crippen molar-refractivity contribution >= 4 is 5.97 Å². The summed E-state index contributed by atoms with van der Waals surface area (Å²) < 4.78 is 25.7. The molecule has 1 aliphatic carbocycles. The number of carboxylic acid groups (broad SMARTS) is 1. The summed E-state index contributed by atoms with van der Waals surface area (Å²) in [5.41, 5.74) is -1.17.